The molecule has 0 spiro atoms. The Balaban J connectivity index is 1.85. The van der Waals surface area contributed by atoms with Crippen LogP contribution in [0.25, 0.3) is 55.2 Å². The van der Waals surface area contributed by atoms with Crippen LogP contribution in [0.1, 0.15) is 0 Å². The lowest BCUT2D eigenvalue weighted by atomic mass is 10.2. The normalized spacial score (nSPS) is 11.8. The Labute approximate surface area is 231 Å². The fourth-order valence-electron chi connectivity index (χ4n) is 5.98. The zero-order valence-corrected chi connectivity index (χ0v) is 22.8. The first-order valence-corrected chi connectivity index (χ1v) is 13.0. The molecule has 7 aromatic rings. The van der Waals surface area contributed by atoms with E-state index in [1.807, 2.05) is 88.0 Å². The fourth-order valence-corrected chi connectivity index (χ4v) is 5.98. The topological polar surface area (TPSA) is 96.8 Å². The highest BCUT2D eigenvalue weighted by atomic mass is 16.2. The van der Waals surface area contributed by atoms with Gasteiger partial charge in [-0.15, -0.1) is 0 Å². The van der Waals surface area contributed by atoms with E-state index in [1.165, 1.54) is 23.2 Å². The second-order valence-corrected chi connectivity index (χ2v) is 10.2. The standard InChI is InChI=1S/C31H25N6O4/c1-32-26-24(28(38)34(3)30(32)40)20-15-16-21-23(17-22(20)36(26)18-11-7-5-8-12-18)37(19-13-9-6-10-14-19)27-25(21)29(39)35(4)31(41)33(27)2/h5-17H,1-4H3/q+1. The molecule has 0 atom stereocenters. The molecule has 0 fully saturated rings. The summed E-state index contributed by atoms with van der Waals surface area (Å²) in [7, 11) is 6.24. The third-order valence-corrected chi connectivity index (χ3v) is 7.98. The summed E-state index contributed by atoms with van der Waals surface area (Å²) in [5, 5.41) is 2.04. The van der Waals surface area contributed by atoms with Crippen LogP contribution in [0.4, 0.5) is 0 Å². The number of benzene rings is 2. The average molecular weight is 546 g/mol. The largest absolute Gasteiger partial charge is 0.445 e. The van der Waals surface area contributed by atoms with Gasteiger partial charge in [0.2, 0.25) is 0 Å². The summed E-state index contributed by atoms with van der Waals surface area (Å²) < 4.78 is 8.97. The molecule has 10 heteroatoms. The molecular formula is C31H25N6O4+. The van der Waals surface area contributed by atoms with Gasteiger partial charge in [0.25, 0.3) is 11.2 Å². The highest BCUT2D eigenvalue weighted by molar-refractivity contribution is 6.13. The Morgan fingerprint density at radius 3 is 1.71 bits per heavy atom. The molecule has 202 valence electrons. The number of aromatic nitrogens is 6. The molecule has 0 aliphatic heterocycles. The summed E-state index contributed by atoms with van der Waals surface area (Å²) in [5.41, 5.74) is 2.10. The molecule has 0 saturated heterocycles. The summed E-state index contributed by atoms with van der Waals surface area (Å²) in [5.74, 6) is 0. The first-order chi connectivity index (χ1) is 19.7. The molecule has 0 radical (unpaired) electrons. The van der Waals surface area contributed by atoms with E-state index in [4.69, 9.17) is 0 Å². The van der Waals surface area contributed by atoms with E-state index in [1.54, 1.807) is 14.1 Å². The lowest BCUT2D eigenvalue weighted by molar-refractivity contribution is -0.667. The number of para-hydroxylation sites is 2. The van der Waals surface area contributed by atoms with Crippen molar-refractivity contribution in [2.75, 3.05) is 0 Å². The lowest BCUT2D eigenvalue weighted by Gasteiger charge is -2.10. The minimum atomic E-state index is -0.436. The maximum Gasteiger partial charge on any atom is 0.445 e. The maximum absolute atomic E-state index is 13.6. The molecular weight excluding hydrogens is 520 g/mol. The summed E-state index contributed by atoms with van der Waals surface area (Å²) >= 11 is 0. The van der Waals surface area contributed by atoms with E-state index in [9.17, 15) is 19.2 Å². The molecule has 0 unspecified atom stereocenters. The number of hydrogen-bond donors (Lipinski definition) is 0. The number of aryl methyl sites for hydroxylation is 2. The molecule has 7 rings (SSSR count). The maximum atomic E-state index is 13.6. The Morgan fingerprint density at radius 2 is 1.10 bits per heavy atom. The number of hydrogen-bond acceptors (Lipinski definition) is 4. The first-order valence-electron chi connectivity index (χ1n) is 13.0. The fraction of sp³-hybridized carbons (Fsp3) is 0.129. The highest BCUT2D eigenvalue weighted by Crippen LogP contribution is 2.34. The third-order valence-electron chi connectivity index (χ3n) is 7.98. The molecule has 0 bridgehead atoms. The van der Waals surface area contributed by atoms with Crippen molar-refractivity contribution in [2.24, 2.45) is 28.2 Å². The van der Waals surface area contributed by atoms with Crippen molar-refractivity contribution >= 4 is 43.9 Å². The Kier molecular flexibility index (Phi) is 5.08. The molecule has 0 aliphatic rings. The molecule has 4 heterocycles. The predicted molar refractivity (Wildman–Crippen MR) is 158 cm³/mol. The van der Waals surface area contributed by atoms with Crippen LogP contribution in [0.3, 0.4) is 0 Å². The van der Waals surface area contributed by atoms with Gasteiger partial charge in [0.1, 0.15) is 22.2 Å². The van der Waals surface area contributed by atoms with Gasteiger partial charge in [0.05, 0.1) is 25.0 Å². The van der Waals surface area contributed by atoms with Crippen LogP contribution in [0.2, 0.25) is 0 Å². The molecule has 10 nitrogen and oxygen atoms in total. The van der Waals surface area contributed by atoms with Gasteiger partial charge >= 0.3 is 16.9 Å². The molecule has 0 aliphatic carbocycles. The van der Waals surface area contributed by atoms with Gasteiger partial charge in [-0.2, -0.15) is 9.13 Å². The second kappa shape index (κ2) is 8.49. The quantitative estimate of drug-likeness (QED) is 0.311. The van der Waals surface area contributed by atoms with Crippen LogP contribution in [-0.2, 0) is 28.2 Å². The third kappa shape index (κ3) is 3.15. The monoisotopic (exact) mass is 545 g/mol. The van der Waals surface area contributed by atoms with Crippen LogP contribution in [0.15, 0.2) is 98.0 Å². The Hall–Kier alpha value is -5.51. The van der Waals surface area contributed by atoms with Crippen molar-refractivity contribution in [3.63, 3.8) is 0 Å². The molecule has 0 saturated carbocycles. The van der Waals surface area contributed by atoms with Gasteiger partial charge in [0.15, 0.2) is 0 Å². The van der Waals surface area contributed by atoms with Crippen molar-refractivity contribution < 1.29 is 4.57 Å². The zero-order valence-electron chi connectivity index (χ0n) is 22.8. The van der Waals surface area contributed by atoms with Crippen molar-refractivity contribution in [3.8, 4) is 11.4 Å². The van der Waals surface area contributed by atoms with Crippen molar-refractivity contribution in [3.05, 3.63) is 121 Å². The molecule has 4 aromatic heterocycles. The van der Waals surface area contributed by atoms with Gasteiger partial charge in [0, 0.05) is 36.6 Å². The van der Waals surface area contributed by atoms with Crippen molar-refractivity contribution in [1.82, 2.24) is 22.8 Å². The van der Waals surface area contributed by atoms with Gasteiger partial charge in [-0.1, -0.05) is 42.5 Å². The minimum absolute atomic E-state index is 0.391. The molecule has 3 aromatic carbocycles. The lowest BCUT2D eigenvalue weighted by Crippen LogP contribution is -2.55. The van der Waals surface area contributed by atoms with Gasteiger partial charge in [-0.05, 0) is 30.3 Å². The van der Waals surface area contributed by atoms with E-state index >= 15 is 0 Å². The Bertz CT molecular complexity index is 2310. The van der Waals surface area contributed by atoms with E-state index in [0.29, 0.717) is 43.9 Å². The Morgan fingerprint density at radius 1 is 0.585 bits per heavy atom. The minimum Gasteiger partial charge on any atom is -0.295 e. The van der Waals surface area contributed by atoms with Crippen LogP contribution in [0.5, 0.6) is 0 Å². The van der Waals surface area contributed by atoms with Crippen LogP contribution >= 0.6 is 0 Å². The van der Waals surface area contributed by atoms with Crippen molar-refractivity contribution in [2.45, 2.75) is 0 Å². The van der Waals surface area contributed by atoms with E-state index in [0.717, 1.165) is 20.5 Å². The highest BCUT2D eigenvalue weighted by Gasteiger charge is 2.27. The molecule has 0 N–H and O–H groups in total. The van der Waals surface area contributed by atoms with Crippen LogP contribution in [0, 0.1) is 0 Å². The van der Waals surface area contributed by atoms with Crippen LogP contribution < -0.4 is 27.1 Å². The zero-order chi connectivity index (χ0) is 28.7. The van der Waals surface area contributed by atoms with E-state index in [2.05, 4.69) is 0 Å². The molecule has 0 amide bonds. The van der Waals surface area contributed by atoms with E-state index < -0.39 is 22.5 Å². The molecule has 41 heavy (non-hydrogen) atoms. The second-order valence-electron chi connectivity index (χ2n) is 10.2. The summed E-state index contributed by atoms with van der Waals surface area (Å²) in [6.45, 7) is 0. The van der Waals surface area contributed by atoms with Crippen LogP contribution in [-0.4, -0.2) is 22.8 Å². The number of rotatable bonds is 2. The van der Waals surface area contributed by atoms with Crippen molar-refractivity contribution in [1.29, 1.82) is 0 Å². The van der Waals surface area contributed by atoms with Gasteiger partial charge in [-0.3, -0.25) is 18.5 Å². The van der Waals surface area contributed by atoms with Gasteiger partial charge < -0.3 is 0 Å². The smallest absolute Gasteiger partial charge is 0.295 e. The summed E-state index contributed by atoms with van der Waals surface area (Å²) in [6.07, 6.45) is 0. The van der Waals surface area contributed by atoms with Gasteiger partial charge in [-0.25, -0.2) is 19.0 Å². The van der Waals surface area contributed by atoms with E-state index in [-0.39, 0.29) is 0 Å². The first kappa shape index (κ1) is 24.5. The summed E-state index contributed by atoms with van der Waals surface area (Å²) in [4.78, 5) is 53.4. The average Bonchev–Trinajstić information content (AvgIpc) is 3.42. The predicted octanol–water partition coefficient (Wildman–Crippen LogP) is 2.16. The SMILES string of the molecule is Cn1c(=O)c2c3ccc4c5c(=O)n(C)c(=O)[n+](C)c5n(-c5ccccc5)c4cc3n(-c3ccccc3)c2n(C)c1=O. The number of fused-ring (bicyclic) bond motifs is 6. The summed E-state index contributed by atoms with van der Waals surface area (Å²) in [6, 6.07) is 24.6. The number of nitrogens with zero attached hydrogens (tertiary/aromatic N) is 6.